The average Bonchev–Trinajstić information content (AvgIpc) is 3.18. The molecule has 0 radical (unpaired) electrons. The summed E-state index contributed by atoms with van der Waals surface area (Å²) >= 11 is 7.53. The number of amides is 2. The van der Waals surface area contributed by atoms with Crippen molar-refractivity contribution >= 4 is 35.2 Å². The van der Waals surface area contributed by atoms with Crippen LogP contribution in [0.1, 0.15) is 26.9 Å². The minimum atomic E-state index is -0.403. The van der Waals surface area contributed by atoms with E-state index in [1.54, 1.807) is 16.7 Å². The Hall–Kier alpha value is -1.98. The molecule has 6 heteroatoms. The number of halogens is 1. The summed E-state index contributed by atoms with van der Waals surface area (Å²) in [6.07, 6.45) is 0.736. The molecule has 2 atom stereocenters. The molecule has 128 valence electrons. The molecule has 2 unspecified atom stereocenters. The number of thioether (sulfide) groups is 1. The molecule has 1 saturated heterocycles. The molecule has 2 aromatic rings. The maximum Gasteiger partial charge on any atom is 0.256 e. The number of nitrogens with zero attached hydrogens (tertiary/aromatic N) is 1. The lowest BCUT2D eigenvalue weighted by Crippen LogP contribution is -2.46. The van der Waals surface area contributed by atoms with Crippen molar-refractivity contribution in [2.45, 2.75) is 17.8 Å². The standard InChI is InChI=1S/C19H17ClN2O2S/c20-13-7-5-12(6-8-13)9-10-21-17(23)16-11-25-19-15-4-2-1-3-14(15)18(24)22(16)19/h1-8,16,19H,9-11H2,(H,21,23). The van der Waals surface area contributed by atoms with E-state index in [1.165, 1.54) is 0 Å². The van der Waals surface area contributed by atoms with Crippen LogP contribution in [0.4, 0.5) is 0 Å². The number of benzene rings is 2. The van der Waals surface area contributed by atoms with Crippen LogP contribution in [0, 0.1) is 0 Å². The molecule has 4 nitrogen and oxygen atoms in total. The van der Waals surface area contributed by atoms with E-state index in [0.29, 0.717) is 17.3 Å². The Morgan fingerprint density at radius 2 is 1.96 bits per heavy atom. The van der Waals surface area contributed by atoms with Crippen molar-refractivity contribution in [2.24, 2.45) is 0 Å². The Morgan fingerprint density at radius 1 is 1.20 bits per heavy atom. The zero-order valence-electron chi connectivity index (χ0n) is 13.4. The lowest BCUT2D eigenvalue weighted by Gasteiger charge is -2.22. The second kappa shape index (κ2) is 6.73. The van der Waals surface area contributed by atoms with Crippen LogP contribution in [-0.2, 0) is 11.2 Å². The summed E-state index contributed by atoms with van der Waals surface area (Å²) in [6.45, 7) is 0.543. The normalized spacial score (nSPS) is 21.2. The second-order valence-corrected chi connectivity index (χ2v) is 7.72. The predicted octanol–water partition coefficient (Wildman–Crippen LogP) is 3.27. The summed E-state index contributed by atoms with van der Waals surface area (Å²) in [7, 11) is 0. The minimum Gasteiger partial charge on any atom is -0.354 e. The molecule has 2 aromatic carbocycles. The summed E-state index contributed by atoms with van der Waals surface area (Å²) in [4.78, 5) is 27.0. The van der Waals surface area contributed by atoms with Gasteiger partial charge in [-0.15, -0.1) is 11.8 Å². The third-order valence-electron chi connectivity index (χ3n) is 4.62. The number of carbonyl (C=O) groups excluding carboxylic acids is 2. The average molecular weight is 373 g/mol. The van der Waals surface area contributed by atoms with E-state index in [1.807, 2.05) is 48.5 Å². The maximum atomic E-state index is 12.6. The Kier molecular flexibility index (Phi) is 4.44. The second-order valence-electron chi connectivity index (χ2n) is 6.17. The van der Waals surface area contributed by atoms with Crippen LogP contribution < -0.4 is 5.32 Å². The highest BCUT2D eigenvalue weighted by Gasteiger charge is 2.48. The van der Waals surface area contributed by atoms with Crippen LogP contribution in [0.2, 0.25) is 5.02 Å². The van der Waals surface area contributed by atoms with Gasteiger partial charge in [-0.1, -0.05) is 41.9 Å². The van der Waals surface area contributed by atoms with Gasteiger partial charge in [0.15, 0.2) is 0 Å². The van der Waals surface area contributed by atoms with Crippen molar-refractivity contribution in [3.8, 4) is 0 Å². The van der Waals surface area contributed by atoms with Gasteiger partial charge in [-0.05, 0) is 35.7 Å². The van der Waals surface area contributed by atoms with E-state index < -0.39 is 6.04 Å². The van der Waals surface area contributed by atoms with Crippen molar-refractivity contribution in [1.29, 1.82) is 0 Å². The van der Waals surface area contributed by atoms with Gasteiger partial charge in [0.05, 0.1) is 0 Å². The molecule has 0 aliphatic carbocycles. The van der Waals surface area contributed by atoms with Gasteiger partial charge in [-0.2, -0.15) is 0 Å². The Bertz CT molecular complexity index is 824. The van der Waals surface area contributed by atoms with Crippen LogP contribution >= 0.6 is 23.4 Å². The summed E-state index contributed by atoms with van der Waals surface area (Å²) < 4.78 is 0. The molecule has 0 spiro atoms. The fourth-order valence-corrected chi connectivity index (χ4v) is 4.93. The van der Waals surface area contributed by atoms with Gasteiger partial charge in [0.1, 0.15) is 11.4 Å². The Labute approximate surface area is 155 Å². The van der Waals surface area contributed by atoms with Gasteiger partial charge in [-0.3, -0.25) is 9.59 Å². The monoisotopic (exact) mass is 372 g/mol. The highest BCUT2D eigenvalue weighted by molar-refractivity contribution is 7.99. The molecule has 0 saturated carbocycles. The fourth-order valence-electron chi connectivity index (χ4n) is 3.34. The predicted molar refractivity (Wildman–Crippen MR) is 99.8 cm³/mol. The van der Waals surface area contributed by atoms with Gasteiger partial charge in [0, 0.05) is 22.9 Å². The number of nitrogens with one attached hydrogen (secondary N) is 1. The molecule has 25 heavy (non-hydrogen) atoms. The number of fused-ring (bicyclic) bond motifs is 3. The summed E-state index contributed by atoms with van der Waals surface area (Å²) in [5.74, 6) is 0.519. The zero-order chi connectivity index (χ0) is 17.4. The molecule has 4 rings (SSSR count). The Balaban J connectivity index is 1.39. The van der Waals surface area contributed by atoms with Crippen molar-refractivity contribution < 1.29 is 9.59 Å². The first kappa shape index (κ1) is 16.5. The van der Waals surface area contributed by atoms with E-state index in [0.717, 1.165) is 23.1 Å². The first-order valence-corrected chi connectivity index (χ1v) is 9.63. The van der Waals surface area contributed by atoms with Gasteiger partial charge in [0.25, 0.3) is 5.91 Å². The summed E-state index contributed by atoms with van der Waals surface area (Å²) in [5, 5.41) is 3.64. The molecular weight excluding hydrogens is 356 g/mol. The zero-order valence-corrected chi connectivity index (χ0v) is 15.0. The first-order valence-electron chi connectivity index (χ1n) is 8.20. The fraction of sp³-hybridized carbons (Fsp3) is 0.263. The summed E-state index contributed by atoms with van der Waals surface area (Å²) in [6, 6.07) is 14.8. The van der Waals surface area contributed by atoms with Crippen LogP contribution in [0.3, 0.4) is 0 Å². The maximum absolute atomic E-state index is 12.6. The molecule has 0 aromatic heterocycles. The van der Waals surface area contributed by atoms with E-state index in [9.17, 15) is 9.59 Å². The first-order chi connectivity index (χ1) is 12.1. The molecular formula is C19H17ClN2O2S. The minimum absolute atomic E-state index is 0.0317. The molecule has 2 aliphatic rings. The SMILES string of the molecule is O=C(NCCc1ccc(Cl)cc1)C1CSC2c3ccccc3C(=O)N12. The number of rotatable bonds is 4. The molecule has 2 heterocycles. The largest absolute Gasteiger partial charge is 0.354 e. The van der Waals surface area contributed by atoms with Crippen molar-refractivity contribution in [1.82, 2.24) is 10.2 Å². The lowest BCUT2D eigenvalue weighted by atomic mass is 10.1. The van der Waals surface area contributed by atoms with Crippen molar-refractivity contribution in [2.75, 3.05) is 12.3 Å². The number of hydrogen-bond donors (Lipinski definition) is 1. The van der Waals surface area contributed by atoms with Crippen molar-refractivity contribution in [3.63, 3.8) is 0 Å². The van der Waals surface area contributed by atoms with E-state index in [2.05, 4.69) is 5.32 Å². The van der Waals surface area contributed by atoms with E-state index >= 15 is 0 Å². The van der Waals surface area contributed by atoms with Crippen LogP contribution in [0.5, 0.6) is 0 Å². The highest BCUT2D eigenvalue weighted by Crippen LogP contribution is 2.47. The smallest absolute Gasteiger partial charge is 0.256 e. The van der Waals surface area contributed by atoms with Crippen LogP contribution in [0.15, 0.2) is 48.5 Å². The van der Waals surface area contributed by atoms with Crippen LogP contribution in [-0.4, -0.2) is 35.1 Å². The van der Waals surface area contributed by atoms with E-state index in [4.69, 9.17) is 11.6 Å². The molecule has 2 amide bonds. The number of hydrogen-bond acceptors (Lipinski definition) is 3. The van der Waals surface area contributed by atoms with Crippen LogP contribution in [0.25, 0.3) is 0 Å². The summed E-state index contributed by atoms with van der Waals surface area (Å²) in [5.41, 5.74) is 2.86. The molecule has 1 N–H and O–H groups in total. The molecule has 0 bridgehead atoms. The molecule has 1 fully saturated rings. The third kappa shape index (κ3) is 3.02. The van der Waals surface area contributed by atoms with Crippen molar-refractivity contribution in [3.05, 3.63) is 70.2 Å². The van der Waals surface area contributed by atoms with Gasteiger partial charge in [-0.25, -0.2) is 0 Å². The highest BCUT2D eigenvalue weighted by atomic mass is 35.5. The van der Waals surface area contributed by atoms with Gasteiger partial charge >= 0.3 is 0 Å². The van der Waals surface area contributed by atoms with Gasteiger partial charge < -0.3 is 10.2 Å². The lowest BCUT2D eigenvalue weighted by molar-refractivity contribution is -0.124. The number of carbonyl (C=O) groups is 2. The molecule has 2 aliphatic heterocycles. The van der Waals surface area contributed by atoms with E-state index in [-0.39, 0.29) is 17.2 Å². The third-order valence-corrected chi connectivity index (χ3v) is 6.18. The quantitative estimate of drug-likeness (QED) is 0.896. The topological polar surface area (TPSA) is 49.4 Å². The Morgan fingerprint density at radius 3 is 2.76 bits per heavy atom. The van der Waals surface area contributed by atoms with Gasteiger partial charge in [0.2, 0.25) is 5.91 Å².